The standard InChI is InChI=1S/C15H24N2O3/c1-15(2,3)20-14(18)17-12-6-7-13(19-5)11(10-12)8-9-16-4/h6-7,10,16H,8-9H2,1-5H3,(H,17,18). The zero-order chi connectivity index (χ0) is 15.2. The Balaban J connectivity index is 2.78. The van der Waals surface area contributed by atoms with Gasteiger partial charge in [-0.3, -0.25) is 5.32 Å². The summed E-state index contributed by atoms with van der Waals surface area (Å²) < 4.78 is 10.5. The quantitative estimate of drug-likeness (QED) is 0.870. The lowest BCUT2D eigenvalue weighted by atomic mass is 10.1. The molecule has 0 aliphatic carbocycles. The molecule has 0 aliphatic heterocycles. The van der Waals surface area contributed by atoms with Gasteiger partial charge in [-0.05, 0) is 64.5 Å². The number of amides is 1. The van der Waals surface area contributed by atoms with Crippen LogP contribution in [0.15, 0.2) is 18.2 Å². The molecule has 20 heavy (non-hydrogen) atoms. The van der Waals surface area contributed by atoms with E-state index in [0.717, 1.165) is 24.3 Å². The van der Waals surface area contributed by atoms with Crippen LogP contribution in [-0.4, -0.2) is 32.4 Å². The Morgan fingerprint density at radius 2 is 2.00 bits per heavy atom. The maximum absolute atomic E-state index is 11.7. The van der Waals surface area contributed by atoms with Crippen LogP contribution in [-0.2, 0) is 11.2 Å². The number of nitrogens with one attached hydrogen (secondary N) is 2. The van der Waals surface area contributed by atoms with Crippen molar-refractivity contribution < 1.29 is 14.3 Å². The molecule has 0 saturated carbocycles. The van der Waals surface area contributed by atoms with Gasteiger partial charge in [0.05, 0.1) is 7.11 Å². The average Bonchev–Trinajstić information content (AvgIpc) is 2.34. The first-order chi connectivity index (χ1) is 9.35. The molecule has 0 atom stereocenters. The molecule has 0 aromatic heterocycles. The number of anilines is 1. The summed E-state index contributed by atoms with van der Waals surface area (Å²) in [7, 11) is 3.54. The highest BCUT2D eigenvalue weighted by Gasteiger charge is 2.16. The number of carbonyl (C=O) groups excluding carboxylic acids is 1. The third-order valence-corrected chi connectivity index (χ3v) is 2.57. The Kier molecular flexibility index (Phi) is 5.82. The third kappa shape index (κ3) is 5.48. The van der Waals surface area contributed by atoms with Crippen molar-refractivity contribution in [2.24, 2.45) is 0 Å². The molecule has 0 bridgehead atoms. The summed E-state index contributed by atoms with van der Waals surface area (Å²) >= 11 is 0. The number of carbonyl (C=O) groups is 1. The molecular weight excluding hydrogens is 256 g/mol. The van der Waals surface area contributed by atoms with Gasteiger partial charge in [0.25, 0.3) is 0 Å². The molecular formula is C15H24N2O3. The highest BCUT2D eigenvalue weighted by Crippen LogP contribution is 2.23. The lowest BCUT2D eigenvalue weighted by Gasteiger charge is -2.20. The minimum Gasteiger partial charge on any atom is -0.496 e. The Morgan fingerprint density at radius 1 is 1.30 bits per heavy atom. The Labute approximate surface area is 120 Å². The minimum atomic E-state index is -0.508. The second-order valence-electron chi connectivity index (χ2n) is 5.51. The Hall–Kier alpha value is -1.75. The first-order valence-electron chi connectivity index (χ1n) is 6.67. The summed E-state index contributed by atoms with van der Waals surface area (Å²) in [5.41, 5.74) is 1.23. The maximum atomic E-state index is 11.7. The second kappa shape index (κ2) is 7.14. The molecule has 1 aromatic rings. The molecule has 5 heteroatoms. The van der Waals surface area contributed by atoms with Crippen molar-refractivity contribution in [1.29, 1.82) is 0 Å². The van der Waals surface area contributed by atoms with Gasteiger partial charge in [-0.15, -0.1) is 0 Å². The second-order valence-corrected chi connectivity index (χ2v) is 5.51. The molecule has 5 nitrogen and oxygen atoms in total. The van der Waals surface area contributed by atoms with Gasteiger partial charge in [0, 0.05) is 5.69 Å². The van der Waals surface area contributed by atoms with Gasteiger partial charge in [-0.25, -0.2) is 4.79 Å². The van der Waals surface area contributed by atoms with Crippen LogP contribution in [0.5, 0.6) is 5.75 Å². The molecule has 0 unspecified atom stereocenters. The molecule has 112 valence electrons. The highest BCUT2D eigenvalue weighted by atomic mass is 16.6. The molecule has 0 fully saturated rings. The number of hydrogen-bond donors (Lipinski definition) is 2. The number of rotatable bonds is 5. The molecule has 0 spiro atoms. The summed E-state index contributed by atoms with van der Waals surface area (Å²) in [4.78, 5) is 11.7. The first kappa shape index (κ1) is 16.3. The molecule has 1 amide bonds. The van der Waals surface area contributed by atoms with Gasteiger partial charge >= 0.3 is 6.09 Å². The summed E-state index contributed by atoms with van der Waals surface area (Å²) in [6.07, 6.45) is 0.367. The average molecular weight is 280 g/mol. The van der Waals surface area contributed by atoms with Gasteiger partial charge in [0.2, 0.25) is 0 Å². The lowest BCUT2D eigenvalue weighted by Crippen LogP contribution is -2.27. The smallest absolute Gasteiger partial charge is 0.412 e. The molecule has 0 heterocycles. The van der Waals surface area contributed by atoms with Crippen molar-refractivity contribution in [3.8, 4) is 5.75 Å². The van der Waals surface area contributed by atoms with E-state index in [1.807, 2.05) is 40.0 Å². The fourth-order valence-electron chi connectivity index (χ4n) is 1.73. The van der Waals surface area contributed by atoms with Crippen LogP contribution < -0.4 is 15.4 Å². The maximum Gasteiger partial charge on any atom is 0.412 e. The summed E-state index contributed by atoms with van der Waals surface area (Å²) in [5.74, 6) is 0.815. The van der Waals surface area contributed by atoms with Crippen LogP contribution in [0.4, 0.5) is 10.5 Å². The van der Waals surface area contributed by atoms with Crippen LogP contribution in [0.25, 0.3) is 0 Å². The number of benzene rings is 1. The van der Waals surface area contributed by atoms with Gasteiger partial charge in [-0.2, -0.15) is 0 Å². The van der Waals surface area contributed by atoms with Gasteiger partial charge in [0.15, 0.2) is 0 Å². The third-order valence-electron chi connectivity index (χ3n) is 2.57. The van der Waals surface area contributed by atoms with E-state index in [9.17, 15) is 4.79 Å². The normalized spacial score (nSPS) is 11.1. The van der Waals surface area contributed by atoms with Crippen molar-refractivity contribution in [1.82, 2.24) is 5.32 Å². The fourth-order valence-corrected chi connectivity index (χ4v) is 1.73. The molecule has 0 radical (unpaired) electrons. The Morgan fingerprint density at radius 3 is 2.55 bits per heavy atom. The van der Waals surface area contributed by atoms with Crippen LogP contribution in [0, 0.1) is 0 Å². The van der Waals surface area contributed by atoms with Gasteiger partial charge in [-0.1, -0.05) is 0 Å². The zero-order valence-corrected chi connectivity index (χ0v) is 12.9. The highest BCUT2D eigenvalue weighted by molar-refractivity contribution is 5.85. The predicted octanol–water partition coefficient (Wildman–Crippen LogP) is 2.80. The summed E-state index contributed by atoms with van der Waals surface area (Å²) in [6.45, 7) is 6.34. The van der Waals surface area contributed by atoms with E-state index < -0.39 is 11.7 Å². The van der Waals surface area contributed by atoms with Crippen molar-refractivity contribution >= 4 is 11.8 Å². The Bertz CT molecular complexity index is 453. The summed E-state index contributed by atoms with van der Waals surface area (Å²) in [6, 6.07) is 5.55. The number of ether oxygens (including phenoxy) is 2. The topological polar surface area (TPSA) is 59.6 Å². The monoisotopic (exact) mass is 280 g/mol. The van der Waals surface area contributed by atoms with Gasteiger partial charge in [0.1, 0.15) is 11.4 Å². The molecule has 1 aromatic carbocycles. The van der Waals surface area contributed by atoms with Crippen LogP contribution >= 0.6 is 0 Å². The van der Waals surface area contributed by atoms with Crippen molar-refractivity contribution in [2.75, 3.05) is 26.0 Å². The molecule has 1 rings (SSSR count). The van der Waals surface area contributed by atoms with Crippen LogP contribution in [0.3, 0.4) is 0 Å². The number of likely N-dealkylation sites (N-methyl/N-ethyl adjacent to an activating group) is 1. The predicted molar refractivity (Wildman–Crippen MR) is 80.5 cm³/mol. The largest absolute Gasteiger partial charge is 0.496 e. The van der Waals surface area contributed by atoms with E-state index in [4.69, 9.17) is 9.47 Å². The van der Waals surface area contributed by atoms with E-state index in [1.54, 1.807) is 13.2 Å². The van der Waals surface area contributed by atoms with E-state index in [2.05, 4.69) is 10.6 Å². The van der Waals surface area contributed by atoms with E-state index in [1.165, 1.54) is 0 Å². The van der Waals surface area contributed by atoms with E-state index in [-0.39, 0.29) is 0 Å². The zero-order valence-electron chi connectivity index (χ0n) is 12.9. The molecule has 0 aliphatic rings. The van der Waals surface area contributed by atoms with Crippen LogP contribution in [0.1, 0.15) is 26.3 Å². The van der Waals surface area contributed by atoms with Gasteiger partial charge < -0.3 is 14.8 Å². The van der Waals surface area contributed by atoms with Crippen LogP contribution in [0.2, 0.25) is 0 Å². The summed E-state index contributed by atoms with van der Waals surface area (Å²) in [5, 5.41) is 5.82. The van der Waals surface area contributed by atoms with Crippen molar-refractivity contribution in [3.63, 3.8) is 0 Å². The van der Waals surface area contributed by atoms with E-state index in [0.29, 0.717) is 5.69 Å². The SMILES string of the molecule is CNCCc1cc(NC(=O)OC(C)(C)C)ccc1OC. The minimum absolute atomic E-state index is 0.456. The molecule has 0 saturated heterocycles. The van der Waals surface area contributed by atoms with Crippen molar-refractivity contribution in [2.45, 2.75) is 32.8 Å². The fraction of sp³-hybridized carbons (Fsp3) is 0.533. The van der Waals surface area contributed by atoms with Crippen molar-refractivity contribution in [3.05, 3.63) is 23.8 Å². The number of methoxy groups -OCH3 is 1. The number of hydrogen-bond acceptors (Lipinski definition) is 4. The lowest BCUT2D eigenvalue weighted by molar-refractivity contribution is 0.0636. The first-order valence-corrected chi connectivity index (χ1v) is 6.67. The molecule has 2 N–H and O–H groups in total. The van der Waals surface area contributed by atoms with E-state index >= 15 is 0 Å².